The normalized spacial score (nSPS) is 27.8. The Kier molecular flexibility index (Phi) is 2.91. The van der Waals surface area contributed by atoms with E-state index in [1.807, 2.05) is 11.8 Å². The van der Waals surface area contributed by atoms with Gasteiger partial charge in [-0.1, -0.05) is 30.3 Å². The van der Waals surface area contributed by atoms with Crippen LogP contribution in [-0.2, 0) is 6.42 Å². The van der Waals surface area contributed by atoms with E-state index in [2.05, 4.69) is 30.3 Å². The van der Waals surface area contributed by atoms with Crippen LogP contribution in [0.3, 0.4) is 0 Å². The third-order valence-corrected chi connectivity index (χ3v) is 3.87. The second kappa shape index (κ2) is 4.16. The van der Waals surface area contributed by atoms with Gasteiger partial charge in [-0.15, -0.1) is 0 Å². The summed E-state index contributed by atoms with van der Waals surface area (Å²) >= 11 is 1.98. The molecule has 0 aromatic heterocycles. The number of rotatable bonds is 2. The SMILES string of the molecule is NC1CSCC1Cc1ccccc1. The molecule has 1 heterocycles. The summed E-state index contributed by atoms with van der Waals surface area (Å²) in [4.78, 5) is 0. The zero-order chi connectivity index (χ0) is 9.10. The molecule has 1 nitrogen and oxygen atoms in total. The highest BCUT2D eigenvalue weighted by Crippen LogP contribution is 2.25. The molecule has 2 heteroatoms. The van der Waals surface area contributed by atoms with Crippen LogP contribution in [0.4, 0.5) is 0 Å². The van der Waals surface area contributed by atoms with E-state index in [1.165, 1.54) is 11.3 Å². The number of benzene rings is 1. The molecule has 0 aliphatic carbocycles. The Morgan fingerprint density at radius 1 is 1.23 bits per heavy atom. The lowest BCUT2D eigenvalue weighted by Gasteiger charge is -2.13. The summed E-state index contributed by atoms with van der Waals surface area (Å²) in [6.45, 7) is 0. The fourth-order valence-corrected chi connectivity index (χ4v) is 3.09. The lowest BCUT2D eigenvalue weighted by Crippen LogP contribution is -2.29. The molecule has 70 valence electrons. The molecule has 0 saturated carbocycles. The Bertz CT molecular complexity index is 260. The van der Waals surface area contributed by atoms with Gasteiger partial charge in [0.1, 0.15) is 0 Å². The van der Waals surface area contributed by atoms with Gasteiger partial charge in [-0.25, -0.2) is 0 Å². The Hall–Kier alpha value is -0.470. The topological polar surface area (TPSA) is 26.0 Å². The van der Waals surface area contributed by atoms with Gasteiger partial charge < -0.3 is 5.73 Å². The minimum absolute atomic E-state index is 0.408. The summed E-state index contributed by atoms with van der Waals surface area (Å²) in [6.07, 6.45) is 1.15. The molecular formula is C11H15NS. The average molecular weight is 193 g/mol. The molecule has 1 aromatic rings. The highest BCUT2D eigenvalue weighted by atomic mass is 32.2. The van der Waals surface area contributed by atoms with E-state index in [1.54, 1.807) is 0 Å². The lowest BCUT2D eigenvalue weighted by molar-refractivity contribution is 0.515. The molecule has 0 spiro atoms. The molecule has 13 heavy (non-hydrogen) atoms. The van der Waals surface area contributed by atoms with E-state index in [4.69, 9.17) is 5.73 Å². The molecule has 0 amide bonds. The van der Waals surface area contributed by atoms with Gasteiger partial charge in [0.25, 0.3) is 0 Å². The molecule has 1 saturated heterocycles. The molecule has 1 aromatic carbocycles. The van der Waals surface area contributed by atoms with Crippen LogP contribution < -0.4 is 5.73 Å². The smallest absolute Gasteiger partial charge is 0.0170 e. The van der Waals surface area contributed by atoms with Crippen LogP contribution in [0.25, 0.3) is 0 Å². The van der Waals surface area contributed by atoms with E-state index < -0.39 is 0 Å². The van der Waals surface area contributed by atoms with Crippen LogP contribution in [0.15, 0.2) is 30.3 Å². The zero-order valence-corrected chi connectivity index (χ0v) is 8.46. The van der Waals surface area contributed by atoms with Crippen molar-refractivity contribution >= 4 is 11.8 Å². The van der Waals surface area contributed by atoms with Crippen molar-refractivity contribution < 1.29 is 0 Å². The average Bonchev–Trinajstić information content (AvgIpc) is 2.54. The molecule has 2 rings (SSSR count). The highest BCUT2D eigenvalue weighted by Gasteiger charge is 2.24. The zero-order valence-electron chi connectivity index (χ0n) is 7.65. The third-order valence-electron chi connectivity index (χ3n) is 2.59. The first-order valence-electron chi connectivity index (χ1n) is 4.73. The summed E-state index contributed by atoms with van der Waals surface area (Å²) in [5.74, 6) is 3.06. The van der Waals surface area contributed by atoms with Crippen molar-refractivity contribution in [2.75, 3.05) is 11.5 Å². The van der Waals surface area contributed by atoms with Gasteiger partial charge in [0.05, 0.1) is 0 Å². The third kappa shape index (κ3) is 2.26. The predicted molar refractivity (Wildman–Crippen MR) is 58.9 cm³/mol. The standard InChI is InChI=1S/C11H15NS/c12-11-8-13-7-10(11)6-9-4-2-1-3-5-9/h1-5,10-11H,6-8,12H2. The molecule has 2 N–H and O–H groups in total. The van der Waals surface area contributed by atoms with Crippen LogP contribution in [0.2, 0.25) is 0 Å². The Morgan fingerprint density at radius 3 is 2.62 bits per heavy atom. The minimum Gasteiger partial charge on any atom is -0.327 e. The molecular weight excluding hydrogens is 178 g/mol. The molecule has 2 atom stereocenters. The van der Waals surface area contributed by atoms with Crippen LogP contribution in [-0.4, -0.2) is 17.5 Å². The van der Waals surface area contributed by atoms with Crippen LogP contribution in [0, 0.1) is 5.92 Å². The fourth-order valence-electron chi connectivity index (χ4n) is 1.74. The van der Waals surface area contributed by atoms with Gasteiger partial charge in [0.15, 0.2) is 0 Å². The largest absolute Gasteiger partial charge is 0.327 e. The number of nitrogens with two attached hydrogens (primary N) is 1. The minimum atomic E-state index is 0.408. The van der Waals surface area contributed by atoms with Crippen LogP contribution in [0.1, 0.15) is 5.56 Å². The number of hydrogen-bond donors (Lipinski definition) is 1. The summed E-state index contributed by atoms with van der Waals surface area (Å²) in [5, 5.41) is 0. The second-order valence-electron chi connectivity index (χ2n) is 3.65. The van der Waals surface area contributed by atoms with Crippen molar-refractivity contribution in [3.8, 4) is 0 Å². The van der Waals surface area contributed by atoms with Gasteiger partial charge in [0.2, 0.25) is 0 Å². The highest BCUT2D eigenvalue weighted by molar-refractivity contribution is 7.99. The molecule has 2 unspecified atom stereocenters. The van der Waals surface area contributed by atoms with Crippen molar-refractivity contribution in [1.82, 2.24) is 0 Å². The van der Waals surface area contributed by atoms with Gasteiger partial charge in [0, 0.05) is 11.8 Å². The Morgan fingerprint density at radius 2 is 2.00 bits per heavy atom. The van der Waals surface area contributed by atoms with Crippen molar-refractivity contribution in [2.45, 2.75) is 12.5 Å². The summed E-state index contributed by atoms with van der Waals surface area (Å²) < 4.78 is 0. The van der Waals surface area contributed by atoms with E-state index in [-0.39, 0.29) is 0 Å². The molecule has 0 bridgehead atoms. The Labute approximate surface area is 83.7 Å². The maximum absolute atomic E-state index is 6.01. The molecule has 1 aliphatic heterocycles. The van der Waals surface area contributed by atoms with E-state index >= 15 is 0 Å². The second-order valence-corrected chi connectivity index (χ2v) is 4.73. The maximum Gasteiger partial charge on any atom is 0.0170 e. The summed E-state index contributed by atoms with van der Waals surface area (Å²) in [7, 11) is 0. The molecule has 1 aliphatic rings. The van der Waals surface area contributed by atoms with Gasteiger partial charge >= 0.3 is 0 Å². The predicted octanol–water partition coefficient (Wildman–Crippen LogP) is 1.92. The maximum atomic E-state index is 6.01. The summed E-state index contributed by atoms with van der Waals surface area (Å²) in [6, 6.07) is 11.1. The fraction of sp³-hybridized carbons (Fsp3) is 0.455. The van der Waals surface area contributed by atoms with E-state index in [0.717, 1.165) is 12.2 Å². The lowest BCUT2D eigenvalue weighted by atomic mass is 9.96. The van der Waals surface area contributed by atoms with Crippen molar-refractivity contribution in [2.24, 2.45) is 11.7 Å². The summed E-state index contributed by atoms with van der Waals surface area (Å²) in [5.41, 5.74) is 7.43. The Balaban J connectivity index is 1.98. The number of hydrogen-bond acceptors (Lipinski definition) is 2. The van der Waals surface area contributed by atoms with Crippen molar-refractivity contribution in [3.63, 3.8) is 0 Å². The first-order valence-corrected chi connectivity index (χ1v) is 5.89. The number of thioether (sulfide) groups is 1. The van der Waals surface area contributed by atoms with Gasteiger partial charge in [-0.3, -0.25) is 0 Å². The van der Waals surface area contributed by atoms with E-state index in [0.29, 0.717) is 12.0 Å². The first-order chi connectivity index (χ1) is 6.36. The van der Waals surface area contributed by atoms with Gasteiger partial charge in [-0.05, 0) is 23.7 Å². The molecule has 0 radical (unpaired) electrons. The molecule has 1 fully saturated rings. The van der Waals surface area contributed by atoms with E-state index in [9.17, 15) is 0 Å². The quantitative estimate of drug-likeness (QED) is 0.776. The van der Waals surface area contributed by atoms with Gasteiger partial charge in [-0.2, -0.15) is 11.8 Å². The first kappa shape index (κ1) is 9.10. The van der Waals surface area contributed by atoms with Crippen molar-refractivity contribution in [1.29, 1.82) is 0 Å². The monoisotopic (exact) mass is 193 g/mol. The van der Waals surface area contributed by atoms with Crippen molar-refractivity contribution in [3.05, 3.63) is 35.9 Å². The van der Waals surface area contributed by atoms with Crippen LogP contribution in [0.5, 0.6) is 0 Å². The van der Waals surface area contributed by atoms with Crippen LogP contribution >= 0.6 is 11.8 Å².